The standard InChI is InChI=1S/C21H30FN3O/c1-4-23-20(24-13-21(2,3)14-6-5-7-15(22)10-14)25-11-16-17(12-25)19-9-8-18(16)26-19/h5-7,10,16-19H,4,8-9,11-13H2,1-3H3,(H,23,24). The first kappa shape index (κ1) is 17.8. The summed E-state index contributed by atoms with van der Waals surface area (Å²) in [7, 11) is 0. The van der Waals surface area contributed by atoms with Crippen molar-refractivity contribution in [3.63, 3.8) is 0 Å². The number of benzene rings is 1. The van der Waals surface area contributed by atoms with E-state index >= 15 is 0 Å². The van der Waals surface area contributed by atoms with E-state index in [0.717, 1.165) is 31.2 Å². The molecule has 2 bridgehead atoms. The van der Waals surface area contributed by atoms with Crippen LogP contribution >= 0.6 is 0 Å². The lowest BCUT2D eigenvalue weighted by Crippen LogP contribution is -2.42. The zero-order valence-corrected chi connectivity index (χ0v) is 16.0. The summed E-state index contributed by atoms with van der Waals surface area (Å²) in [4.78, 5) is 7.35. The summed E-state index contributed by atoms with van der Waals surface area (Å²) in [5.41, 5.74) is 0.780. The van der Waals surface area contributed by atoms with Gasteiger partial charge in [-0.25, -0.2) is 4.39 Å². The number of nitrogens with one attached hydrogen (secondary N) is 1. The van der Waals surface area contributed by atoms with Gasteiger partial charge in [-0.3, -0.25) is 4.99 Å². The van der Waals surface area contributed by atoms with E-state index in [4.69, 9.17) is 9.73 Å². The lowest BCUT2D eigenvalue weighted by Gasteiger charge is -2.27. The van der Waals surface area contributed by atoms with Crippen molar-refractivity contribution in [2.45, 2.75) is 51.2 Å². The summed E-state index contributed by atoms with van der Waals surface area (Å²) in [5.74, 6) is 2.13. The number of hydrogen-bond acceptors (Lipinski definition) is 2. The molecular weight excluding hydrogens is 329 g/mol. The highest BCUT2D eigenvalue weighted by Gasteiger charge is 2.53. The van der Waals surface area contributed by atoms with Crippen molar-refractivity contribution in [3.8, 4) is 0 Å². The monoisotopic (exact) mass is 359 g/mol. The molecule has 4 unspecified atom stereocenters. The molecule has 0 amide bonds. The van der Waals surface area contributed by atoms with Crippen molar-refractivity contribution in [1.29, 1.82) is 0 Å². The van der Waals surface area contributed by atoms with E-state index in [9.17, 15) is 4.39 Å². The number of fused-ring (bicyclic) bond motifs is 5. The van der Waals surface area contributed by atoms with Crippen LogP contribution in [0.3, 0.4) is 0 Å². The Balaban J connectivity index is 1.48. The van der Waals surface area contributed by atoms with Crippen LogP contribution in [0.25, 0.3) is 0 Å². The second-order valence-corrected chi connectivity index (χ2v) is 8.59. The fourth-order valence-electron chi connectivity index (χ4n) is 4.83. The van der Waals surface area contributed by atoms with E-state index in [0.29, 0.717) is 30.6 Å². The Morgan fingerprint density at radius 3 is 2.58 bits per heavy atom. The van der Waals surface area contributed by atoms with Crippen LogP contribution in [0.1, 0.15) is 39.2 Å². The third-order valence-electron chi connectivity index (χ3n) is 6.32. The Labute approximate surface area is 155 Å². The molecule has 3 aliphatic rings. The first-order valence-corrected chi connectivity index (χ1v) is 9.92. The number of ether oxygens (including phenoxy) is 1. The van der Waals surface area contributed by atoms with Crippen LogP contribution in [0, 0.1) is 17.7 Å². The normalized spacial score (nSPS) is 30.8. The summed E-state index contributed by atoms with van der Waals surface area (Å²) >= 11 is 0. The van der Waals surface area contributed by atoms with E-state index in [1.54, 1.807) is 12.1 Å². The quantitative estimate of drug-likeness (QED) is 0.663. The Bertz CT molecular complexity index is 672. The highest BCUT2D eigenvalue weighted by Crippen LogP contribution is 2.47. The molecule has 26 heavy (non-hydrogen) atoms. The fourth-order valence-corrected chi connectivity index (χ4v) is 4.83. The van der Waals surface area contributed by atoms with Gasteiger partial charge in [0.1, 0.15) is 5.82 Å². The van der Waals surface area contributed by atoms with Crippen LogP contribution in [0.2, 0.25) is 0 Å². The molecule has 142 valence electrons. The minimum absolute atomic E-state index is 0.186. The maximum Gasteiger partial charge on any atom is 0.193 e. The van der Waals surface area contributed by atoms with Crippen LogP contribution in [0.15, 0.2) is 29.3 Å². The van der Waals surface area contributed by atoms with Crippen molar-refractivity contribution < 1.29 is 9.13 Å². The molecule has 4 atom stereocenters. The molecule has 4 rings (SSSR count). The third-order valence-corrected chi connectivity index (χ3v) is 6.32. The van der Waals surface area contributed by atoms with Crippen LogP contribution in [0.5, 0.6) is 0 Å². The SMILES string of the molecule is CCNC(=NCC(C)(C)c1cccc(F)c1)N1CC2C3CCC(O3)C2C1. The van der Waals surface area contributed by atoms with Gasteiger partial charge in [0.05, 0.1) is 18.8 Å². The molecule has 0 spiro atoms. The van der Waals surface area contributed by atoms with Gasteiger partial charge in [0.15, 0.2) is 5.96 Å². The Morgan fingerprint density at radius 2 is 1.96 bits per heavy atom. The maximum absolute atomic E-state index is 13.6. The van der Waals surface area contributed by atoms with Crippen LogP contribution in [-0.4, -0.2) is 49.2 Å². The van der Waals surface area contributed by atoms with Crippen molar-refractivity contribution in [3.05, 3.63) is 35.6 Å². The average molecular weight is 359 g/mol. The highest BCUT2D eigenvalue weighted by molar-refractivity contribution is 5.80. The molecule has 1 N–H and O–H groups in total. The van der Waals surface area contributed by atoms with E-state index in [1.165, 1.54) is 18.9 Å². The summed E-state index contributed by atoms with van der Waals surface area (Å²) < 4.78 is 19.7. The predicted octanol–water partition coefficient (Wildman–Crippen LogP) is 3.18. The Morgan fingerprint density at radius 1 is 1.27 bits per heavy atom. The summed E-state index contributed by atoms with van der Waals surface area (Å²) in [6.07, 6.45) is 3.36. The number of hydrogen-bond donors (Lipinski definition) is 1. The molecule has 0 saturated carbocycles. The van der Waals surface area contributed by atoms with Gasteiger partial charge in [-0.15, -0.1) is 0 Å². The zero-order chi connectivity index (χ0) is 18.3. The molecule has 3 aliphatic heterocycles. The number of likely N-dealkylation sites (tertiary alicyclic amines) is 1. The smallest absolute Gasteiger partial charge is 0.193 e. The maximum atomic E-state index is 13.6. The van der Waals surface area contributed by atoms with Gasteiger partial charge >= 0.3 is 0 Å². The third kappa shape index (κ3) is 3.22. The minimum atomic E-state index is -0.208. The fraction of sp³-hybridized carbons (Fsp3) is 0.667. The predicted molar refractivity (Wildman–Crippen MR) is 102 cm³/mol. The molecule has 3 heterocycles. The van der Waals surface area contributed by atoms with Gasteiger partial charge in [-0.2, -0.15) is 0 Å². The molecular formula is C21H30FN3O. The first-order valence-electron chi connectivity index (χ1n) is 9.92. The van der Waals surface area contributed by atoms with Gasteiger partial charge in [0.2, 0.25) is 0 Å². The van der Waals surface area contributed by atoms with Crippen molar-refractivity contribution >= 4 is 5.96 Å². The molecule has 0 aromatic heterocycles. The average Bonchev–Trinajstić information content (AvgIpc) is 3.31. The van der Waals surface area contributed by atoms with Gasteiger partial charge < -0.3 is 15.0 Å². The number of nitrogens with zero attached hydrogens (tertiary/aromatic N) is 2. The van der Waals surface area contributed by atoms with Gasteiger partial charge in [-0.05, 0) is 37.5 Å². The molecule has 3 saturated heterocycles. The van der Waals surface area contributed by atoms with Crippen LogP contribution in [-0.2, 0) is 10.2 Å². The van der Waals surface area contributed by atoms with Crippen molar-refractivity contribution in [2.24, 2.45) is 16.8 Å². The largest absolute Gasteiger partial charge is 0.374 e. The molecule has 0 radical (unpaired) electrons. The Kier molecular flexibility index (Phi) is 4.68. The van der Waals surface area contributed by atoms with Crippen molar-refractivity contribution in [1.82, 2.24) is 10.2 Å². The van der Waals surface area contributed by atoms with Gasteiger partial charge in [-0.1, -0.05) is 26.0 Å². The van der Waals surface area contributed by atoms with E-state index < -0.39 is 0 Å². The van der Waals surface area contributed by atoms with Crippen molar-refractivity contribution in [2.75, 3.05) is 26.2 Å². The molecule has 0 aliphatic carbocycles. The lowest BCUT2D eigenvalue weighted by atomic mass is 9.82. The van der Waals surface area contributed by atoms with Gasteiger partial charge in [0.25, 0.3) is 0 Å². The lowest BCUT2D eigenvalue weighted by molar-refractivity contribution is 0.0767. The van der Waals surface area contributed by atoms with Crippen LogP contribution in [0.4, 0.5) is 4.39 Å². The molecule has 5 heteroatoms. The van der Waals surface area contributed by atoms with E-state index in [-0.39, 0.29) is 11.2 Å². The summed E-state index contributed by atoms with van der Waals surface area (Å²) in [5, 5.41) is 3.46. The topological polar surface area (TPSA) is 36.9 Å². The second kappa shape index (κ2) is 6.84. The molecule has 3 fully saturated rings. The molecule has 4 nitrogen and oxygen atoms in total. The minimum Gasteiger partial charge on any atom is -0.374 e. The molecule has 1 aromatic rings. The Hall–Kier alpha value is -1.62. The summed E-state index contributed by atoms with van der Waals surface area (Å²) in [6.45, 7) is 9.93. The van der Waals surface area contributed by atoms with E-state index in [1.807, 2.05) is 6.07 Å². The molecule has 1 aromatic carbocycles. The number of rotatable bonds is 4. The number of guanidine groups is 1. The highest BCUT2D eigenvalue weighted by atomic mass is 19.1. The second-order valence-electron chi connectivity index (χ2n) is 8.59. The zero-order valence-electron chi connectivity index (χ0n) is 16.0. The van der Waals surface area contributed by atoms with E-state index in [2.05, 4.69) is 31.0 Å². The first-order chi connectivity index (χ1) is 12.5. The van der Waals surface area contributed by atoms with Crippen LogP contribution < -0.4 is 5.32 Å². The summed E-state index contributed by atoms with van der Waals surface area (Å²) in [6, 6.07) is 6.88. The number of halogens is 1. The number of aliphatic imine (C=N–C) groups is 1. The van der Waals surface area contributed by atoms with Gasteiger partial charge in [0, 0.05) is 36.9 Å².